The molecule has 2 atom stereocenters. The maximum Gasteiger partial charge on any atom is 0.253 e. The van der Waals surface area contributed by atoms with Crippen LogP contribution in [0.1, 0.15) is 53.7 Å². The second kappa shape index (κ2) is 10.3. The van der Waals surface area contributed by atoms with Crippen molar-refractivity contribution in [3.8, 4) is 16.9 Å². The zero-order chi connectivity index (χ0) is 27.1. The van der Waals surface area contributed by atoms with E-state index in [0.29, 0.717) is 18.4 Å². The lowest BCUT2D eigenvalue weighted by Crippen LogP contribution is -2.42. The Morgan fingerprint density at radius 1 is 1.03 bits per heavy atom. The van der Waals surface area contributed by atoms with Crippen LogP contribution in [0.25, 0.3) is 22.0 Å². The Labute approximate surface area is 230 Å². The molecule has 0 aliphatic carbocycles. The number of rotatable bonds is 4. The molecule has 39 heavy (non-hydrogen) atoms. The third-order valence-electron chi connectivity index (χ3n) is 8.75. The van der Waals surface area contributed by atoms with Crippen molar-refractivity contribution in [1.29, 1.82) is 0 Å². The zero-order valence-corrected chi connectivity index (χ0v) is 23.0. The van der Waals surface area contributed by atoms with E-state index in [1.807, 2.05) is 23.1 Å². The number of aromatic hydroxyl groups is 1. The van der Waals surface area contributed by atoms with Crippen LogP contribution >= 0.6 is 0 Å². The van der Waals surface area contributed by atoms with E-state index < -0.39 is 0 Å². The summed E-state index contributed by atoms with van der Waals surface area (Å²) in [6.45, 7) is 9.84. The number of fused-ring (bicyclic) bond motifs is 2. The fraction of sp³-hybridized carbons (Fsp3) is 0.364. The van der Waals surface area contributed by atoms with E-state index in [1.54, 1.807) is 18.5 Å². The van der Waals surface area contributed by atoms with Crippen molar-refractivity contribution >= 4 is 22.6 Å². The first kappa shape index (κ1) is 25.4. The van der Waals surface area contributed by atoms with Gasteiger partial charge in [0, 0.05) is 37.1 Å². The lowest BCUT2D eigenvalue weighted by atomic mass is 9.85. The third-order valence-corrected chi connectivity index (χ3v) is 8.75. The second-order valence-corrected chi connectivity index (χ2v) is 11.3. The summed E-state index contributed by atoms with van der Waals surface area (Å²) < 4.78 is 0. The average Bonchev–Trinajstić information content (AvgIpc) is 2.96. The molecule has 3 aromatic carbocycles. The largest absolute Gasteiger partial charge is 0.508 e. The van der Waals surface area contributed by atoms with E-state index in [4.69, 9.17) is 4.98 Å². The Hall–Kier alpha value is -3.93. The monoisotopic (exact) mass is 520 g/mol. The van der Waals surface area contributed by atoms with Crippen LogP contribution in [0.15, 0.2) is 60.9 Å². The molecule has 2 aliphatic heterocycles. The summed E-state index contributed by atoms with van der Waals surface area (Å²) in [7, 11) is 0. The molecule has 6 heteroatoms. The van der Waals surface area contributed by atoms with Crippen LogP contribution in [0.3, 0.4) is 0 Å². The summed E-state index contributed by atoms with van der Waals surface area (Å²) in [4.78, 5) is 27.2. The smallest absolute Gasteiger partial charge is 0.253 e. The minimum absolute atomic E-state index is 0.148. The third kappa shape index (κ3) is 4.84. The number of likely N-dealkylation sites (tertiary alicyclic amines) is 1. The summed E-state index contributed by atoms with van der Waals surface area (Å²) in [5.74, 6) is 2.56. The van der Waals surface area contributed by atoms with Gasteiger partial charge in [-0.2, -0.15) is 0 Å². The van der Waals surface area contributed by atoms with Crippen molar-refractivity contribution < 1.29 is 9.90 Å². The minimum atomic E-state index is 0.148. The molecule has 2 unspecified atom stereocenters. The van der Waals surface area contributed by atoms with Crippen LogP contribution in [0.4, 0.5) is 5.82 Å². The van der Waals surface area contributed by atoms with Crippen LogP contribution in [0.2, 0.25) is 0 Å². The van der Waals surface area contributed by atoms with E-state index in [9.17, 15) is 9.90 Å². The molecule has 1 fully saturated rings. The second-order valence-electron chi connectivity index (χ2n) is 11.3. The van der Waals surface area contributed by atoms with Gasteiger partial charge in [0.1, 0.15) is 17.9 Å². The molecule has 1 aromatic heterocycles. The van der Waals surface area contributed by atoms with Gasteiger partial charge < -0.3 is 14.9 Å². The lowest BCUT2D eigenvalue weighted by Gasteiger charge is -2.37. The molecule has 1 saturated heterocycles. The van der Waals surface area contributed by atoms with Crippen molar-refractivity contribution in [2.45, 2.75) is 46.6 Å². The lowest BCUT2D eigenvalue weighted by molar-refractivity contribution is 0.0609. The van der Waals surface area contributed by atoms with Gasteiger partial charge in [-0.05, 0) is 95.8 Å². The number of nitrogens with zero attached hydrogens (tertiary/aromatic N) is 4. The summed E-state index contributed by atoms with van der Waals surface area (Å²) in [5.41, 5.74) is 7.26. The van der Waals surface area contributed by atoms with Crippen LogP contribution in [0, 0.1) is 18.8 Å². The first-order valence-electron chi connectivity index (χ1n) is 14.1. The molecule has 6 rings (SSSR count). The molecule has 1 amide bonds. The van der Waals surface area contributed by atoms with Gasteiger partial charge in [0.15, 0.2) is 0 Å². The number of phenolic OH excluding ortho intramolecular Hbond substituents is 1. The molecular weight excluding hydrogens is 484 g/mol. The number of aromatic nitrogens is 2. The number of anilines is 1. The number of carbonyl (C=O) groups excluding carboxylic acids is 1. The van der Waals surface area contributed by atoms with Gasteiger partial charge in [0.2, 0.25) is 0 Å². The van der Waals surface area contributed by atoms with Gasteiger partial charge in [-0.1, -0.05) is 38.5 Å². The molecule has 3 heterocycles. The first-order valence-corrected chi connectivity index (χ1v) is 14.1. The molecule has 0 saturated carbocycles. The molecule has 0 bridgehead atoms. The van der Waals surface area contributed by atoms with Crippen molar-refractivity contribution in [3.63, 3.8) is 0 Å². The molecule has 0 radical (unpaired) electrons. The van der Waals surface area contributed by atoms with Crippen LogP contribution in [-0.4, -0.2) is 45.5 Å². The molecule has 6 nitrogen and oxygen atoms in total. The Bertz CT molecular complexity index is 1550. The summed E-state index contributed by atoms with van der Waals surface area (Å²) in [5, 5.41) is 11.0. The van der Waals surface area contributed by atoms with Gasteiger partial charge in [-0.25, -0.2) is 9.97 Å². The van der Waals surface area contributed by atoms with E-state index >= 15 is 0 Å². The Kier molecular flexibility index (Phi) is 6.71. The minimum Gasteiger partial charge on any atom is -0.508 e. The Balaban J connectivity index is 1.30. The predicted molar refractivity (Wildman–Crippen MR) is 156 cm³/mol. The fourth-order valence-electron chi connectivity index (χ4n) is 6.47. The molecule has 4 aromatic rings. The molecule has 1 N–H and O–H groups in total. The number of hydrogen-bond donors (Lipinski definition) is 1. The SMILES string of the molecule is CCC1CCN(C(=O)c2ccc3c(c2)CN(c2ncnc4c(C)cc(-c5cccc(O)c5)cc24)CC3)CC1C. The maximum atomic E-state index is 13.5. The number of phenols is 1. The number of hydrogen-bond acceptors (Lipinski definition) is 5. The number of amides is 1. The standard InChI is InChI=1S/C33H36N4O2/c1-4-23-10-13-37(18-22(23)3)33(39)26-9-8-24-11-12-36(19-28(24)15-26)32-30-17-27(25-6-5-7-29(38)16-25)14-21(2)31(30)34-20-35-32/h5-9,14-17,20,22-23,38H,4,10-13,18-19H2,1-3H3. The maximum absolute atomic E-state index is 13.5. The molecule has 0 spiro atoms. The van der Waals surface area contributed by atoms with E-state index in [1.165, 1.54) is 17.5 Å². The highest BCUT2D eigenvalue weighted by molar-refractivity contribution is 5.96. The number of aryl methyl sites for hydroxylation is 1. The van der Waals surface area contributed by atoms with Crippen LogP contribution < -0.4 is 4.90 Å². The van der Waals surface area contributed by atoms with Gasteiger partial charge in [-0.3, -0.25) is 4.79 Å². The normalized spacial score (nSPS) is 19.3. The van der Waals surface area contributed by atoms with Crippen molar-refractivity contribution in [2.75, 3.05) is 24.5 Å². The van der Waals surface area contributed by atoms with Gasteiger partial charge >= 0.3 is 0 Å². The highest BCUT2D eigenvalue weighted by atomic mass is 16.3. The highest BCUT2D eigenvalue weighted by Gasteiger charge is 2.29. The number of piperidine rings is 1. The van der Waals surface area contributed by atoms with Gasteiger partial charge in [0.25, 0.3) is 5.91 Å². The fourth-order valence-corrected chi connectivity index (χ4v) is 6.47. The van der Waals surface area contributed by atoms with Gasteiger partial charge in [-0.15, -0.1) is 0 Å². The molecule has 2 aliphatic rings. The first-order chi connectivity index (χ1) is 18.9. The highest BCUT2D eigenvalue weighted by Crippen LogP contribution is 2.34. The Morgan fingerprint density at radius 2 is 1.90 bits per heavy atom. The molecule has 200 valence electrons. The quantitative estimate of drug-likeness (QED) is 0.338. The molecular formula is C33H36N4O2. The van der Waals surface area contributed by atoms with Crippen LogP contribution in [0.5, 0.6) is 5.75 Å². The van der Waals surface area contributed by atoms with Crippen molar-refractivity contribution in [2.24, 2.45) is 11.8 Å². The van der Waals surface area contributed by atoms with E-state index in [0.717, 1.165) is 71.5 Å². The summed E-state index contributed by atoms with van der Waals surface area (Å²) in [6, 6.07) is 17.8. The predicted octanol–water partition coefficient (Wildman–Crippen LogP) is 6.38. The summed E-state index contributed by atoms with van der Waals surface area (Å²) in [6.07, 6.45) is 4.83. The topological polar surface area (TPSA) is 69.6 Å². The summed E-state index contributed by atoms with van der Waals surface area (Å²) >= 11 is 0. The van der Waals surface area contributed by atoms with Gasteiger partial charge in [0.05, 0.1) is 5.52 Å². The van der Waals surface area contributed by atoms with E-state index in [2.05, 4.69) is 54.9 Å². The number of carbonyl (C=O) groups is 1. The van der Waals surface area contributed by atoms with Crippen molar-refractivity contribution in [1.82, 2.24) is 14.9 Å². The van der Waals surface area contributed by atoms with Crippen LogP contribution in [-0.2, 0) is 13.0 Å². The number of benzene rings is 3. The van der Waals surface area contributed by atoms with Crippen molar-refractivity contribution in [3.05, 3.63) is 83.2 Å². The van der Waals surface area contributed by atoms with E-state index in [-0.39, 0.29) is 11.7 Å². The Morgan fingerprint density at radius 3 is 2.69 bits per heavy atom. The average molecular weight is 521 g/mol. The zero-order valence-electron chi connectivity index (χ0n) is 23.0.